The molecule has 1 aromatic heterocycles. The highest BCUT2D eigenvalue weighted by molar-refractivity contribution is 5.16. The highest BCUT2D eigenvalue weighted by atomic mass is 14.7. The van der Waals surface area contributed by atoms with Gasteiger partial charge in [-0.1, -0.05) is 36.4 Å². The van der Waals surface area contributed by atoms with Gasteiger partial charge in [0.25, 0.3) is 0 Å². The van der Waals surface area contributed by atoms with E-state index in [1.165, 1.54) is 5.56 Å². The summed E-state index contributed by atoms with van der Waals surface area (Å²) in [5, 5.41) is 0. The van der Waals surface area contributed by atoms with Crippen molar-refractivity contribution in [2.75, 3.05) is 0 Å². The van der Waals surface area contributed by atoms with Gasteiger partial charge < -0.3 is 6.15 Å². The standard InChI is InChI=1S/C13H13N.H3N/c1-2-6-12(7-3-1)9-10-13-8-4-5-11-14-13;/h1-8,11H,9-10H2;1H3. The van der Waals surface area contributed by atoms with E-state index in [2.05, 4.69) is 35.3 Å². The van der Waals surface area contributed by atoms with Gasteiger partial charge in [-0.15, -0.1) is 0 Å². The van der Waals surface area contributed by atoms with Crippen molar-refractivity contribution in [2.24, 2.45) is 0 Å². The fourth-order valence-corrected chi connectivity index (χ4v) is 1.46. The minimum atomic E-state index is 0. The summed E-state index contributed by atoms with van der Waals surface area (Å²) in [6.07, 6.45) is 3.93. The van der Waals surface area contributed by atoms with Crippen LogP contribution < -0.4 is 6.15 Å². The van der Waals surface area contributed by atoms with E-state index in [1.54, 1.807) is 0 Å². The second kappa shape index (κ2) is 5.94. The zero-order chi connectivity index (χ0) is 9.64. The molecule has 0 amide bonds. The summed E-state index contributed by atoms with van der Waals surface area (Å²) in [4.78, 5) is 4.29. The van der Waals surface area contributed by atoms with Crippen molar-refractivity contribution in [2.45, 2.75) is 12.8 Å². The summed E-state index contributed by atoms with van der Waals surface area (Å²) in [6.45, 7) is 0. The monoisotopic (exact) mass is 200 g/mol. The number of nitrogens with zero attached hydrogens (tertiary/aromatic N) is 1. The molecule has 0 bridgehead atoms. The molecule has 15 heavy (non-hydrogen) atoms. The molecule has 1 heterocycles. The van der Waals surface area contributed by atoms with Crippen molar-refractivity contribution in [1.82, 2.24) is 11.1 Å². The fraction of sp³-hybridized carbons (Fsp3) is 0.154. The van der Waals surface area contributed by atoms with Gasteiger partial charge in [0.15, 0.2) is 0 Å². The van der Waals surface area contributed by atoms with Crippen LogP contribution >= 0.6 is 0 Å². The van der Waals surface area contributed by atoms with Crippen molar-refractivity contribution in [3.63, 3.8) is 0 Å². The van der Waals surface area contributed by atoms with Gasteiger partial charge in [0, 0.05) is 11.9 Å². The first-order valence-corrected chi connectivity index (χ1v) is 4.89. The van der Waals surface area contributed by atoms with Crippen molar-refractivity contribution < 1.29 is 0 Å². The van der Waals surface area contributed by atoms with E-state index in [4.69, 9.17) is 0 Å². The summed E-state index contributed by atoms with van der Waals surface area (Å²) in [6, 6.07) is 16.6. The highest BCUT2D eigenvalue weighted by Gasteiger charge is 1.94. The zero-order valence-electron chi connectivity index (χ0n) is 8.76. The maximum absolute atomic E-state index is 4.29. The van der Waals surface area contributed by atoms with Crippen LogP contribution in [0.4, 0.5) is 0 Å². The lowest BCUT2D eigenvalue weighted by molar-refractivity contribution is 0.914. The number of pyridine rings is 1. The quantitative estimate of drug-likeness (QED) is 0.827. The van der Waals surface area contributed by atoms with Crippen LogP contribution in [0, 0.1) is 0 Å². The molecule has 78 valence electrons. The molecule has 0 spiro atoms. The first-order chi connectivity index (χ1) is 6.95. The van der Waals surface area contributed by atoms with Crippen molar-refractivity contribution >= 4 is 0 Å². The third-order valence-electron chi connectivity index (χ3n) is 2.24. The Morgan fingerprint density at radius 1 is 0.800 bits per heavy atom. The molecule has 0 saturated carbocycles. The largest absolute Gasteiger partial charge is 0.344 e. The number of aromatic nitrogens is 1. The average Bonchev–Trinajstić information content (AvgIpc) is 2.29. The molecule has 2 heteroatoms. The van der Waals surface area contributed by atoms with Gasteiger partial charge in [-0.2, -0.15) is 0 Å². The van der Waals surface area contributed by atoms with Crippen molar-refractivity contribution in [3.05, 3.63) is 66.0 Å². The summed E-state index contributed by atoms with van der Waals surface area (Å²) in [5.74, 6) is 0. The van der Waals surface area contributed by atoms with Crippen LogP contribution in [0.15, 0.2) is 54.7 Å². The molecule has 0 aliphatic rings. The smallest absolute Gasteiger partial charge is 0.0406 e. The molecule has 0 saturated heterocycles. The summed E-state index contributed by atoms with van der Waals surface area (Å²) < 4.78 is 0. The van der Waals surface area contributed by atoms with Gasteiger partial charge >= 0.3 is 0 Å². The number of hydrogen-bond acceptors (Lipinski definition) is 2. The molecular formula is C13H16N2. The Hall–Kier alpha value is -1.67. The minimum absolute atomic E-state index is 0. The molecule has 1 aromatic carbocycles. The Kier molecular flexibility index (Phi) is 4.51. The molecule has 0 atom stereocenters. The number of rotatable bonds is 3. The number of aryl methyl sites for hydroxylation is 2. The SMILES string of the molecule is N.c1ccc(CCc2ccccn2)cc1. The third kappa shape index (κ3) is 3.52. The van der Waals surface area contributed by atoms with Gasteiger partial charge in [-0.05, 0) is 30.5 Å². The predicted molar refractivity (Wildman–Crippen MR) is 63.1 cm³/mol. The lowest BCUT2D eigenvalue weighted by Gasteiger charge is -2.00. The topological polar surface area (TPSA) is 47.9 Å². The Morgan fingerprint density at radius 3 is 2.20 bits per heavy atom. The van der Waals surface area contributed by atoms with E-state index in [1.807, 2.05) is 24.4 Å². The third-order valence-corrected chi connectivity index (χ3v) is 2.24. The van der Waals surface area contributed by atoms with Crippen molar-refractivity contribution in [1.29, 1.82) is 0 Å². The molecular weight excluding hydrogens is 184 g/mol. The maximum Gasteiger partial charge on any atom is 0.0406 e. The summed E-state index contributed by atoms with van der Waals surface area (Å²) in [7, 11) is 0. The number of benzene rings is 1. The second-order valence-electron chi connectivity index (χ2n) is 3.31. The van der Waals surface area contributed by atoms with Crippen LogP contribution in [0.3, 0.4) is 0 Å². The van der Waals surface area contributed by atoms with E-state index >= 15 is 0 Å². The highest BCUT2D eigenvalue weighted by Crippen LogP contribution is 2.04. The van der Waals surface area contributed by atoms with Crippen LogP contribution in [-0.4, -0.2) is 4.98 Å². The minimum Gasteiger partial charge on any atom is -0.344 e. The molecule has 0 aliphatic heterocycles. The van der Waals surface area contributed by atoms with E-state index in [-0.39, 0.29) is 6.15 Å². The zero-order valence-corrected chi connectivity index (χ0v) is 8.76. The fourth-order valence-electron chi connectivity index (χ4n) is 1.46. The Bertz CT molecular complexity index is 331. The predicted octanol–water partition coefficient (Wildman–Crippen LogP) is 3.03. The molecule has 2 rings (SSSR count). The van der Waals surface area contributed by atoms with Gasteiger partial charge in [0.2, 0.25) is 0 Å². The average molecular weight is 200 g/mol. The van der Waals surface area contributed by atoms with Crippen LogP contribution in [0.2, 0.25) is 0 Å². The number of hydrogen-bond donors (Lipinski definition) is 1. The molecule has 2 aromatic rings. The molecule has 0 radical (unpaired) electrons. The lowest BCUT2D eigenvalue weighted by Crippen LogP contribution is -1.92. The van der Waals surface area contributed by atoms with Crippen LogP contribution in [0.1, 0.15) is 11.3 Å². The lowest BCUT2D eigenvalue weighted by atomic mass is 10.1. The molecule has 3 N–H and O–H groups in total. The van der Waals surface area contributed by atoms with Gasteiger partial charge in [0.1, 0.15) is 0 Å². The van der Waals surface area contributed by atoms with E-state index < -0.39 is 0 Å². The first-order valence-electron chi connectivity index (χ1n) is 4.89. The summed E-state index contributed by atoms with van der Waals surface area (Å²) in [5.41, 5.74) is 2.54. The summed E-state index contributed by atoms with van der Waals surface area (Å²) >= 11 is 0. The normalized spacial score (nSPS) is 9.33. The molecule has 0 unspecified atom stereocenters. The molecule has 2 nitrogen and oxygen atoms in total. The Balaban J connectivity index is 0.00000112. The maximum atomic E-state index is 4.29. The van der Waals surface area contributed by atoms with Gasteiger partial charge in [-0.3, -0.25) is 4.98 Å². The van der Waals surface area contributed by atoms with Crippen LogP contribution in [0.5, 0.6) is 0 Å². The second-order valence-corrected chi connectivity index (χ2v) is 3.31. The van der Waals surface area contributed by atoms with E-state index in [9.17, 15) is 0 Å². The van der Waals surface area contributed by atoms with Crippen LogP contribution in [-0.2, 0) is 12.8 Å². The van der Waals surface area contributed by atoms with Gasteiger partial charge in [0.05, 0.1) is 0 Å². The van der Waals surface area contributed by atoms with E-state index in [0.29, 0.717) is 0 Å². The Labute approximate surface area is 90.6 Å². The van der Waals surface area contributed by atoms with Crippen molar-refractivity contribution in [3.8, 4) is 0 Å². The van der Waals surface area contributed by atoms with Crippen LogP contribution in [0.25, 0.3) is 0 Å². The molecule has 0 aliphatic carbocycles. The molecule has 0 fully saturated rings. The van der Waals surface area contributed by atoms with Gasteiger partial charge in [-0.25, -0.2) is 0 Å². The van der Waals surface area contributed by atoms with E-state index in [0.717, 1.165) is 18.5 Å². The Morgan fingerprint density at radius 2 is 1.53 bits per heavy atom. The first kappa shape index (κ1) is 11.4.